The van der Waals surface area contributed by atoms with Gasteiger partial charge in [0.25, 0.3) is 0 Å². The summed E-state index contributed by atoms with van der Waals surface area (Å²) in [7, 11) is -0.718. The molecule has 142 valence electrons. The third kappa shape index (κ3) is 4.22. The van der Waals surface area contributed by atoms with Crippen molar-refractivity contribution in [3.8, 4) is 0 Å². The summed E-state index contributed by atoms with van der Waals surface area (Å²) < 4.78 is 40.4. The molecule has 26 heavy (non-hydrogen) atoms. The van der Waals surface area contributed by atoms with Crippen molar-refractivity contribution in [1.29, 1.82) is 0 Å². The highest BCUT2D eigenvalue weighted by molar-refractivity contribution is 7.89. The fourth-order valence-corrected chi connectivity index (χ4v) is 3.94. The number of carbonyl (C=O) groups is 1. The van der Waals surface area contributed by atoms with E-state index in [0.717, 1.165) is 10.4 Å². The van der Waals surface area contributed by atoms with E-state index in [1.807, 2.05) is 0 Å². The molecule has 0 fully saturated rings. The number of anilines is 1. The van der Waals surface area contributed by atoms with E-state index in [0.29, 0.717) is 17.1 Å². The van der Waals surface area contributed by atoms with Gasteiger partial charge in [-0.1, -0.05) is 11.6 Å². The molecule has 0 bridgehead atoms. The fraction of sp³-hybridized carbons (Fsp3) is 0.375. The summed E-state index contributed by atoms with van der Waals surface area (Å²) in [6.45, 7) is 3.45. The smallest absolute Gasteiger partial charge is 0.246 e. The maximum atomic E-state index is 13.0. The molecule has 0 aliphatic rings. The standard InChI is InChI=1S/C16H20ClFN4O3S/c1-10-16(26(24,25)21(3)4)11(2)22(20-10)8-7-15(23)19-14-6-5-12(18)9-13(14)17/h5-6,9H,7-8H2,1-4H3,(H,19,23). The zero-order chi connectivity index (χ0) is 19.6. The van der Waals surface area contributed by atoms with Crippen LogP contribution in [0.15, 0.2) is 23.1 Å². The minimum Gasteiger partial charge on any atom is -0.325 e. The Bertz CT molecular complexity index is 941. The Morgan fingerprint density at radius 1 is 1.35 bits per heavy atom. The summed E-state index contributed by atoms with van der Waals surface area (Å²) in [6.07, 6.45) is 0.0527. The van der Waals surface area contributed by atoms with Gasteiger partial charge in [0, 0.05) is 20.5 Å². The predicted molar refractivity (Wildman–Crippen MR) is 97.2 cm³/mol. The second-order valence-corrected chi connectivity index (χ2v) is 8.43. The Hall–Kier alpha value is -1.97. The van der Waals surface area contributed by atoms with Crippen molar-refractivity contribution in [1.82, 2.24) is 14.1 Å². The topological polar surface area (TPSA) is 84.3 Å². The van der Waals surface area contributed by atoms with Crippen molar-refractivity contribution in [2.45, 2.75) is 31.7 Å². The lowest BCUT2D eigenvalue weighted by Gasteiger charge is -2.12. The molecule has 2 rings (SSSR count). The molecular weight excluding hydrogens is 383 g/mol. The van der Waals surface area contributed by atoms with Crippen LogP contribution < -0.4 is 5.32 Å². The summed E-state index contributed by atoms with van der Waals surface area (Å²) in [5, 5.41) is 6.91. The minimum atomic E-state index is -3.62. The number of benzene rings is 1. The highest BCUT2D eigenvalue weighted by Gasteiger charge is 2.26. The van der Waals surface area contributed by atoms with E-state index in [1.54, 1.807) is 13.8 Å². The van der Waals surface area contributed by atoms with Crippen molar-refractivity contribution >= 4 is 33.2 Å². The number of hydrogen-bond acceptors (Lipinski definition) is 4. The summed E-state index contributed by atoms with van der Waals surface area (Å²) in [5.74, 6) is -0.839. The molecule has 0 spiro atoms. The lowest BCUT2D eigenvalue weighted by Crippen LogP contribution is -2.23. The number of hydrogen-bond donors (Lipinski definition) is 1. The first kappa shape index (κ1) is 20.3. The monoisotopic (exact) mass is 402 g/mol. The van der Waals surface area contributed by atoms with E-state index in [1.165, 1.54) is 30.9 Å². The van der Waals surface area contributed by atoms with Gasteiger partial charge in [0.2, 0.25) is 15.9 Å². The van der Waals surface area contributed by atoms with Crippen molar-refractivity contribution in [3.05, 3.63) is 40.4 Å². The van der Waals surface area contributed by atoms with Gasteiger partial charge in [-0.2, -0.15) is 5.10 Å². The van der Waals surface area contributed by atoms with Gasteiger partial charge in [0.15, 0.2) is 0 Å². The first-order valence-electron chi connectivity index (χ1n) is 7.75. The zero-order valence-electron chi connectivity index (χ0n) is 14.9. The molecule has 1 N–H and O–H groups in total. The van der Waals surface area contributed by atoms with E-state index in [-0.39, 0.29) is 28.8 Å². The quantitative estimate of drug-likeness (QED) is 0.804. The Kier molecular flexibility index (Phi) is 6.05. The van der Waals surface area contributed by atoms with E-state index in [2.05, 4.69) is 10.4 Å². The van der Waals surface area contributed by atoms with Gasteiger partial charge >= 0.3 is 0 Å². The van der Waals surface area contributed by atoms with Crippen molar-refractivity contribution in [2.24, 2.45) is 0 Å². The fourth-order valence-electron chi connectivity index (χ4n) is 2.47. The largest absolute Gasteiger partial charge is 0.325 e. The Morgan fingerprint density at radius 3 is 2.58 bits per heavy atom. The van der Waals surface area contributed by atoms with Crippen LogP contribution in [0.25, 0.3) is 0 Å². The van der Waals surface area contributed by atoms with Gasteiger partial charge < -0.3 is 5.32 Å². The molecule has 0 saturated heterocycles. The molecule has 1 amide bonds. The first-order valence-corrected chi connectivity index (χ1v) is 9.57. The molecule has 7 nitrogen and oxygen atoms in total. The van der Waals surface area contributed by atoms with E-state index in [9.17, 15) is 17.6 Å². The molecule has 0 aliphatic carbocycles. The maximum Gasteiger partial charge on any atom is 0.246 e. The predicted octanol–water partition coefficient (Wildman–Crippen LogP) is 2.57. The molecule has 10 heteroatoms. The Balaban J connectivity index is 2.12. The molecule has 1 aromatic carbocycles. The lowest BCUT2D eigenvalue weighted by molar-refractivity contribution is -0.116. The summed E-state index contributed by atoms with van der Waals surface area (Å²) >= 11 is 5.88. The second-order valence-electron chi connectivity index (χ2n) is 5.93. The molecule has 0 atom stereocenters. The molecular formula is C16H20ClFN4O3S. The molecule has 0 unspecified atom stereocenters. The van der Waals surface area contributed by atoms with E-state index < -0.39 is 15.8 Å². The summed E-state index contributed by atoms with van der Waals surface area (Å²) in [6, 6.07) is 3.68. The van der Waals surface area contributed by atoms with Crippen LogP contribution in [0.5, 0.6) is 0 Å². The summed E-state index contributed by atoms with van der Waals surface area (Å²) in [4.78, 5) is 12.2. The molecule has 0 saturated carbocycles. The van der Waals surface area contributed by atoms with Crippen LogP contribution >= 0.6 is 11.6 Å². The minimum absolute atomic E-state index is 0.0527. The van der Waals surface area contributed by atoms with Crippen molar-refractivity contribution in [2.75, 3.05) is 19.4 Å². The third-order valence-corrected chi connectivity index (χ3v) is 6.19. The number of nitrogens with zero attached hydrogens (tertiary/aromatic N) is 3. The molecule has 0 aliphatic heterocycles. The van der Waals surface area contributed by atoms with Gasteiger partial charge in [0.05, 0.1) is 28.6 Å². The number of aryl methyl sites for hydroxylation is 2. The van der Waals surface area contributed by atoms with Gasteiger partial charge in [-0.15, -0.1) is 0 Å². The maximum absolute atomic E-state index is 13.0. The SMILES string of the molecule is Cc1nn(CCC(=O)Nc2ccc(F)cc2Cl)c(C)c1S(=O)(=O)N(C)C. The zero-order valence-corrected chi connectivity index (χ0v) is 16.4. The van der Waals surface area contributed by atoms with Gasteiger partial charge in [-0.25, -0.2) is 17.1 Å². The van der Waals surface area contributed by atoms with Crippen LogP contribution in [-0.2, 0) is 21.4 Å². The van der Waals surface area contributed by atoms with Crippen LogP contribution in [0.4, 0.5) is 10.1 Å². The highest BCUT2D eigenvalue weighted by Crippen LogP contribution is 2.24. The molecule has 0 radical (unpaired) electrons. The van der Waals surface area contributed by atoms with Crippen LogP contribution in [0.1, 0.15) is 17.8 Å². The molecule has 1 heterocycles. The molecule has 2 aromatic rings. The number of rotatable bonds is 6. The Labute approximate surface area is 156 Å². The first-order chi connectivity index (χ1) is 12.0. The number of carbonyl (C=O) groups excluding carboxylic acids is 1. The average Bonchev–Trinajstić information content (AvgIpc) is 2.82. The average molecular weight is 403 g/mol. The van der Waals surface area contributed by atoms with Crippen molar-refractivity contribution < 1.29 is 17.6 Å². The number of amides is 1. The molecule has 1 aromatic heterocycles. The number of nitrogens with one attached hydrogen (secondary N) is 1. The summed E-state index contributed by atoms with van der Waals surface area (Å²) in [5.41, 5.74) is 1.14. The Morgan fingerprint density at radius 2 is 2.00 bits per heavy atom. The number of aromatic nitrogens is 2. The van der Waals surface area contributed by atoms with Gasteiger partial charge in [-0.3, -0.25) is 9.48 Å². The van der Waals surface area contributed by atoms with E-state index in [4.69, 9.17) is 11.6 Å². The van der Waals surface area contributed by atoms with Crippen molar-refractivity contribution in [3.63, 3.8) is 0 Å². The van der Waals surface area contributed by atoms with Crippen LogP contribution in [0.3, 0.4) is 0 Å². The van der Waals surface area contributed by atoms with E-state index >= 15 is 0 Å². The number of halogens is 2. The van der Waals surface area contributed by atoms with Crippen LogP contribution in [0, 0.1) is 19.7 Å². The third-order valence-electron chi connectivity index (χ3n) is 3.81. The normalized spacial score (nSPS) is 11.8. The van der Waals surface area contributed by atoms with Crippen LogP contribution in [0.2, 0.25) is 5.02 Å². The second kappa shape index (κ2) is 7.73. The lowest BCUT2D eigenvalue weighted by atomic mass is 10.3. The van der Waals surface area contributed by atoms with Gasteiger partial charge in [-0.05, 0) is 32.0 Å². The highest BCUT2D eigenvalue weighted by atomic mass is 35.5. The van der Waals surface area contributed by atoms with Crippen LogP contribution in [-0.4, -0.2) is 42.5 Å². The van der Waals surface area contributed by atoms with Gasteiger partial charge in [0.1, 0.15) is 10.7 Å². The number of sulfonamides is 1.